The lowest BCUT2D eigenvalue weighted by molar-refractivity contribution is -0.117. The number of aldehydes is 1. The van der Waals surface area contributed by atoms with E-state index in [0.29, 0.717) is 12.0 Å². The first-order chi connectivity index (χ1) is 8.62. The fourth-order valence-electron chi connectivity index (χ4n) is 1.68. The van der Waals surface area contributed by atoms with E-state index < -0.39 is 17.2 Å². The van der Waals surface area contributed by atoms with Gasteiger partial charge >= 0.3 is 6.09 Å². The number of rotatable bonds is 3. The van der Waals surface area contributed by atoms with E-state index in [1.165, 1.54) is 18.3 Å². The molecule has 0 spiro atoms. The number of imidazole rings is 1. The van der Waals surface area contributed by atoms with Crippen LogP contribution in [-0.2, 0) is 15.1 Å². The minimum Gasteiger partial charge on any atom is -0.444 e. The van der Waals surface area contributed by atoms with Crippen molar-refractivity contribution in [2.75, 3.05) is 7.05 Å². The van der Waals surface area contributed by atoms with Crippen LogP contribution < -0.4 is 0 Å². The molecule has 1 heterocycles. The van der Waals surface area contributed by atoms with Gasteiger partial charge in [0.05, 0.1) is 12.0 Å². The van der Waals surface area contributed by atoms with Crippen molar-refractivity contribution < 1.29 is 14.3 Å². The molecule has 1 rings (SSSR count). The summed E-state index contributed by atoms with van der Waals surface area (Å²) in [6.45, 7) is 8.75. The fourth-order valence-corrected chi connectivity index (χ4v) is 1.68. The van der Waals surface area contributed by atoms with E-state index >= 15 is 0 Å². The Morgan fingerprint density at radius 3 is 2.37 bits per heavy atom. The molecule has 106 valence electrons. The zero-order chi connectivity index (χ0) is 14.8. The lowest BCUT2D eigenvalue weighted by Crippen LogP contribution is -2.48. The van der Waals surface area contributed by atoms with E-state index in [0.717, 1.165) is 5.69 Å². The first-order valence-corrected chi connectivity index (χ1v) is 6.05. The van der Waals surface area contributed by atoms with Crippen LogP contribution >= 0.6 is 0 Å². The van der Waals surface area contributed by atoms with E-state index in [9.17, 15) is 9.59 Å². The zero-order valence-corrected chi connectivity index (χ0v) is 12.3. The van der Waals surface area contributed by atoms with Crippen LogP contribution in [0, 0.1) is 6.92 Å². The van der Waals surface area contributed by atoms with Crippen molar-refractivity contribution in [1.29, 1.82) is 0 Å². The zero-order valence-electron chi connectivity index (χ0n) is 12.3. The molecule has 1 N–H and O–H groups in total. The van der Waals surface area contributed by atoms with Gasteiger partial charge in [-0.05, 0) is 34.6 Å². The van der Waals surface area contributed by atoms with Crippen LogP contribution in [-0.4, -0.2) is 39.9 Å². The van der Waals surface area contributed by atoms with Crippen LogP contribution in [0.2, 0.25) is 0 Å². The maximum absolute atomic E-state index is 12.1. The molecule has 0 aliphatic rings. The van der Waals surface area contributed by atoms with Gasteiger partial charge in [-0.25, -0.2) is 9.78 Å². The van der Waals surface area contributed by atoms with Crippen LogP contribution in [0.15, 0.2) is 6.33 Å². The summed E-state index contributed by atoms with van der Waals surface area (Å²) in [6, 6.07) is 0. The van der Waals surface area contributed by atoms with Gasteiger partial charge in [0.1, 0.15) is 11.1 Å². The largest absolute Gasteiger partial charge is 0.444 e. The molecule has 6 nitrogen and oxygen atoms in total. The Morgan fingerprint density at radius 1 is 1.42 bits per heavy atom. The lowest BCUT2D eigenvalue weighted by Gasteiger charge is -2.34. The van der Waals surface area contributed by atoms with Gasteiger partial charge in [-0.3, -0.25) is 4.90 Å². The van der Waals surface area contributed by atoms with Crippen LogP contribution in [0.4, 0.5) is 4.79 Å². The summed E-state index contributed by atoms with van der Waals surface area (Å²) >= 11 is 0. The second kappa shape index (κ2) is 5.03. The molecule has 1 aromatic rings. The van der Waals surface area contributed by atoms with Gasteiger partial charge in [-0.2, -0.15) is 0 Å². The number of aromatic amines is 1. The average Bonchev–Trinajstić information content (AvgIpc) is 2.71. The second-order valence-corrected chi connectivity index (χ2v) is 5.68. The van der Waals surface area contributed by atoms with E-state index in [-0.39, 0.29) is 0 Å². The molecule has 0 bridgehead atoms. The molecule has 0 aliphatic carbocycles. The number of H-pyrrole nitrogens is 1. The molecule has 6 heteroatoms. The van der Waals surface area contributed by atoms with Crippen molar-refractivity contribution in [2.24, 2.45) is 0 Å². The van der Waals surface area contributed by atoms with E-state index in [2.05, 4.69) is 9.97 Å². The number of aromatic nitrogens is 2. The second-order valence-electron chi connectivity index (χ2n) is 5.68. The number of hydrogen-bond donors (Lipinski definition) is 1. The highest BCUT2D eigenvalue weighted by molar-refractivity contribution is 5.77. The maximum atomic E-state index is 12.1. The SMILES string of the molecule is Cc1[nH]cnc1C(C)(C=O)N(C)C(=O)OC(C)(C)C. The highest BCUT2D eigenvalue weighted by Gasteiger charge is 2.39. The van der Waals surface area contributed by atoms with E-state index in [4.69, 9.17) is 4.74 Å². The fraction of sp³-hybridized carbons (Fsp3) is 0.615. The highest BCUT2D eigenvalue weighted by atomic mass is 16.6. The number of ether oxygens (including phenoxy) is 1. The first kappa shape index (κ1) is 15.2. The molecule has 1 unspecified atom stereocenters. The molecular weight excluding hydrogens is 246 g/mol. The summed E-state index contributed by atoms with van der Waals surface area (Å²) in [6.07, 6.45) is 1.62. The summed E-state index contributed by atoms with van der Waals surface area (Å²) < 4.78 is 5.28. The first-order valence-electron chi connectivity index (χ1n) is 6.05. The monoisotopic (exact) mass is 267 g/mol. The predicted molar refractivity (Wildman–Crippen MR) is 70.7 cm³/mol. The highest BCUT2D eigenvalue weighted by Crippen LogP contribution is 2.27. The number of carbonyl (C=O) groups excluding carboxylic acids is 2. The molecule has 1 amide bonds. The summed E-state index contributed by atoms with van der Waals surface area (Å²) in [5.41, 5.74) is -0.525. The Labute approximate surface area is 113 Å². The molecule has 1 atom stereocenters. The molecular formula is C13H21N3O3. The summed E-state index contributed by atoms with van der Waals surface area (Å²) in [4.78, 5) is 31.8. The van der Waals surface area contributed by atoms with Crippen molar-refractivity contribution in [2.45, 2.75) is 45.8 Å². The van der Waals surface area contributed by atoms with Gasteiger partial charge < -0.3 is 14.5 Å². The minimum atomic E-state index is -1.16. The van der Waals surface area contributed by atoms with E-state index in [1.54, 1.807) is 34.6 Å². The Bertz CT molecular complexity index is 476. The van der Waals surface area contributed by atoms with Crippen LogP contribution in [0.1, 0.15) is 39.1 Å². The normalized spacial score (nSPS) is 14.6. The van der Waals surface area contributed by atoms with Crippen LogP contribution in [0.25, 0.3) is 0 Å². The Kier molecular flexibility index (Phi) is 4.03. The summed E-state index contributed by atoms with van der Waals surface area (Å²) in [7, 11) is 1.52. The molecule has 0 aliphatic heterocycles. The van der Waals surface area contributed by atoms with Gasteiger partial charge in [0.15, 0.2) is 6.29 Å². The summed E-state index contributed by atoms with van der Waals surface area (Å²) in [5, 5.41) is 0. The third kappa shape index (κ3) is 3.13. The Hall–Kier alpha value is -1.85. The van der Waals surface area contributed by atoms with E-state index in [1.807, 2.05) is 0 Å². The van der Waals surface area contributed by atoms with Crippen molar-refractivity contribution in [3.63, 3.8) is 0 Å². The van der Waals surface area contributed by atoms with Gasteiger partial charge in [0, 0.05) is 12.7 Å². The topological polar surface area (TPSA) is 75.3 Å². The molecule has 1 aromatic heterocycles. The molecule has 0 radical (unpaired) electrons. The number of nitrogens with zero attached hydrogens (tertiary/aromatic N) is 2. The third-order valence-corrected chi connectivity index (χ3v) is 2.90. The molecule has 0 saturated heterocycles. The van der Waals surface area contributed by atoms with Crippen molar-refractivity contribution >= 4 is 12.4 Å². The molecule has 0 saturated carbocycles. The minimum absolute atomic E-state index is 0.510. The Balaban J connectivity index is 3.06. The van der Waals surface area contributed by atoms with Crippen LogP contribution in [0.5, 0.6) is 0 Å². The average molecular weight is 267 g/mol. The number of nitrogens with one attached hydrogen (secondary N) is 1. The molecule has 0 aromatic carbocycles. The molecule has 19 heavy (non-hydrogen) atoms. The smallest absolute Gasteiger partial charge is 0.411 e. The van der Waals surface area contributed by atoms with Gasteiger partial charge in [0.2, 0.25) is 0 Å². The summed E-state index contributed by atoms with van der Waals surface area (Å²) in [5.74, 6) is 0. The standard InChI is InChI=1S/C13H21N3O3/c1-9-10(15-8-14-9)13(5,7-17)16(6)11(18)19-12(2,3)4/h7-8H,1-6H3,(H,14,15). The van der Waals surface area contributed by atoms with Crippen LogP contribution in [0.3, 0.4) is 0 Å². The predicted octanol–water partition coefficient (Wildman–Crippen LogP) is 2.00. The van der Waals surface area contributed by atoms with Gasteiger partial charge in [-0.15, -0.1) is 0 Å². The number of likely N-dealkylation sites (N-methyl/N-ethyl adjacent to an activating group) is 1. The number of amides is 1. The third-order valence-electron chi connectivity index (χ3n) is 2.90. The van der Waals surface area contributed by atoms with Crippen molar-refractivity contribution in [3.8, 4) is 0 Å². The van der Waals surface area contributed by atoms with Gasteiger partial charge in [-0.1, -0.05) is 0 Å². The maximum Gasteiger partial charge on any atom is 0.411 e. The number of carbonyl (C=O) groups is 2. The molecule has 0 fully saturated rings. The Morgan fingerprint density at radius 2 is 2.00 bits per heavy atom. The number of aryl methyl sites for hydroxylation is 1. The van der Waals surface area contributed by atoms with Crippen molar-refractivity contribution in [3.05, 3.63) is 17.7 Å². The lowest BCUT2D eigenvalue weighted by atomic mass is 9.97. The van der Waals surface area contributed by atoms with Gasteiger partial charge in [0.25, 0.3) is 0 Å². The quantitative estimate of drug-likeness (QED) is 0.850. The number of hydrogen-bond acceptors (Lipinski definition) is 4. The van der Waals surface area contributed by atoms with Crippen molar-refractivity contribution in [1.82, 2.24) is 14.9 Å².